The van der Waals surface area contributed by atoms with Gasteiger partial charge in [-0.05, 0) is 39.1 Å². The number of amides is 2. The predicted octanol–water partition coefficient (Wildman–Crippen LogP) is 1.17. The normalized spacial score (nSPS) is 15.4. The molecule has 1 aromatic rings. The fourth-order valence-corrected chi connectivity index (χ4v) is 3.46. The number of nitrogens with two attached hydrogens (primary N) is 1. The van der Waals surface area contributed by atoms with Crippen molar-refractivity contribution < 1.29 is 23.8 Å². The van der Waals surface area contributed by atoms with Crippen molar-refractivity contribution >= 4 is 11.8 Å². The Labute approximate surface area is 159 Å². The molecule has 0 atom stereocenters. The van der Waals surface area contributed by atoms with E-state index in [2.05, 4.69) is 24.3 Å². The highest BCUT2D eigenvalue weighted by molar-refractivity contribution is 5.95. The number of carbonyl (C=O) groups is 2. The lowest BCUT2D eigenvalue weighted by Crippen LogP contribution is -2.50. The molecule has 0 saturated heterocycles. The molecule has 8 nitrogen and oxygen atoms in total. The summed E-state index contributed by atoms with van der Waals surface area (Å²) in [7, 11) is 7.00. The molecule has 0 heterocycles. The molecule has 1 saturated carbocycles. The van der Waals surface area contributed by atoms with Crippen molar-refractivity contribution in [2.75, 3.05) is 41.5 Å². The number of hydrogen-bond donors (Lipinski definition) is 2. The highest BCUT2D eigenvalue weighted by atomic mass is 16.5. The molecule has 2 rings (SSSR count). The lowest BCUT2D eigenvalue weighted by molar-refractivity contribution is -0.120. The number of nitrogens with one attached hydrogen (secondary N) is 1. The molecule has 1 aliphatic rings. The first-order chi connectivity index (χ1) is 12.8. The standard InChI is InChI=1S/C19H29N3O5/c1-22(2)19(7-5-6-8-19)12-21-18(24)13-9-14(25-3)17(15(10-13)26-4)27-11-16(20)23/h9-10H,5-8,11-12H2,1-4H3,(H2,20,23)(H,21,24). The maximum Gasteiger partial charge on any atom is 0.255 e. The molecule has 1 fully saturated rings. The van der Waals surface area contributed by atoms with Gasteiger partial charge in [0.15, 0.2) is 18.1 Å². The van der Waals surface area contributed by atoms with E-state index in [0.717, 1.165) is 12.8 Å². The number of carbonyl (C=O) groups excluding carboxylic acids is 2. The molecule has 0 radical (unpaired) electrons. The van der Waals surface area contributed by atoms with Crippen molar-refractivity contribution in [2.24, 2.45) is 5.73 Å². The van der Waals surface area contributed by atoms with Crippen LogP contribution in [0.25, 0.3) is 0 Å². The Morgan fingerprint density at radius 2 is 1.70 bits per heavy atom. The zero-order valence-corrected chi connectivity index (χ0v) is 16.5. The highest BCUT2D eigenvalue weighted by Gasteiger charge is 2.36. The zero-order valence-electron chi connectivity index (χ0n) is 16.5. The Balaban J connectivity index is 2.19. The monoisotopic (exact) mass is 379 g/mol. The van der Waals surface area contributed by atoms with Gasteiger partial charge in [0.25, 0.3) is 11.8 Å². The predicted molar refractivity (Wildman–Crippen MR) is 101 cm³/mol. The Hall–Kier alpha value is -2.48. The summed E-state index contributed by atoms with van der Waals surface area (Å²) < 4.78 is 16.0. The summed E-state index contributed by atoms with van der Waals surface area (Å²) in [5.74, 6) is -0.0172. The molecule has 1 aromatic carbocycles. The molecule has 150 valence electrons. The fraction of sp³-hybridized carbons (Fsp3) is 0.579. The number of nitrogens with zero attached hydrogens (tertiary/aromatic N) is 1. The minimum Gasteiger partial charge on any atom is -0.493 e. The Kier molecular flexibility index (Phi) is 6.90. The lowest BCUT2D eigenvalue weighted by atomic mass is 9.96. The Bertz CT molecular complexity index is 659. The van der Waals surface area contributed by atoms with E-state index >= 15 is 0 Å². The van der Waals surface area contributed by atoms with E-state index in [-0.39, 0.29) is 23.8 Å². The second-order valence-electron chi connectivity index (χ2n) is 6.97. The van der Waals surface area contributed by atoms with Crippen LogP contribution in [0.15, 0.2) is 12.1 Å². The summed E-state index contributed by atoms with van der Waals surface area (Å²) in [5.41, 5.74) is 5.51. The van der Waals surface area contributed by atoms with Gasteiger partial charge in [-0.1, -0.05) is 12.8 Å². The molecule has 0 aromatic heterocycles. The van der Waals surface area contributed by atoms with Crippen molar-refractivity contribution in [1.82, 2.24) is 10.2 Å². The zero-order chi connectivity index (χ0) is 20.0. The summed E-state index contributed by atoms with van der Waals surface area (Å²) in [6, 6.07) is 3.12. The van der Waals surface area contributed by atoms with Gasteiger partial charge in [0.05, 0.1) is 14.2 Å². The SMILES string of the molecule is COc1cc(C(=O)NCC2(N(C)C)CCCC2)cc(OC)c1OCC(N)=O. The quantitative estimate of drug-likeness (QED) is 0.668. The van der Waals surface area contributed by atoms with Gasteiger partial charge in [-0.25, -0.2) is 0 Å². The molecule has 1 aliphatic carbocycles. The number of likely N-dealkylation sites (N-methyl/N-ethyl adjacent to an activating group) is 1. The second-order valence-corrected chi connectivity index (χ2v) is 6.97. The number of benzene rings is 1. The van der Waals surface area contributed by atoms with Crippen LogP contribution in [0.3, 0.4) is 0 Å². The maximum atomic E-state index is 12.7. The lowest BCUT2D eigenvalue weighted by Gasteiger charge is -2.36. The van der Waals surface area contributed by atoms with Gasteiger partial charge in [-0.15, -0.1) is 0 Å². The minimum absolute atomic E-state index is 0.00558. The van der Waals surface area contributed by atoms with Gasteiger partial charge in [0, 0.05) is 17.6 Å². The van der Waals surface area contributed by atoms with Crippen LogP contribution in [0.5, 0.6) is 17.2 Å². The van der Waals surface area contributed by atoms with E-state index in [0.29, 0.717) is 23.6 Å². The first kappa shape index (κ1) is 20.8. The number of ether oxygens (including phenoxy) is 3. The molecule has 0 spiro atoms. The summed E-state index contributed by atoms with van der Waals surface area (Å²) in [6.07, 6.45) is 4.46. The third-order valence-electron chi connectivity index (χ3n) is 5.14. The van der Waals surface area contributed by atoms with Crippen LogP contribution in [-0.4, -0.2) is 63.7 Å². The van der Waals surface area contributed by atoms with Crippen LogP contribution >= 0.6 is 0 Å². The largest absolute Gasteiger partial charge is 0.493 e. The fourth-order valence-electron chi connectivity index (χ4n) is 3.46. The second kappa shape index (κ2) is 8.94. The van der Waals surface area contributed by atoms with E-state index in [4.69, 9.17) is 19.9 Å². The summed E-state index contributed by atoms with van der Waals surface area (Å²) >= 11 is 0. The van der Waals surface area contributed by atoms with Crippen LogP contribution in [0.1, 0.15) is 36.0 Å². The number of rotatable bonds is 9. The van der Waals surface area contributed by atoms with Gasteiger partial charge in [-0.3, -0.25) is 9.59 Å². The van der Waals surface area contributed by atoms with Crippen molar-refractivity contribution in [2.45, 2.75) is 31.2 Å². The van der Waals surface area contributed by atoms with Gasteiger partial charge < -0.3 is 30.2 Å². The first-order valence-corrected chi connectivity index (χ1v) is 8.95. The number of hydrogen-bond acceptors (Lipinski definition) is 6. The number of methoxy groups -OCH3 is 2. The molecule has 8 heteroatoms. The molecule has 27 heavy (non-hydrogen) atoms. The average molecular weight is 379 g/mol. The molecule has 0 unspecified atom stereocenters. The van der Waals surface area contributed by atoms with Crippen LogP contribution in [0.2, 0.25) is 0 Å². The highest BCUT2D eigenvalue weighted by Crippen LogP contribution is 2.39. The van der Waals surface area contributed by atoms with E-state index < -0.39 is 5.91 Å². The number of primary amides is 1. The van der Waals surface area contributed by atoms with Crippen LogP contribution in [-0.2, 0) is 4.79 Å². The Morgan fingerprint density at radius 1 is 1.15 bits per heavy atom. The molecule has 0 aliphatic heterocycles. The van der Waals surface area contributed by atoms with Gasteiger partial charge in [0.1, 0.15) is 0 Å². The maximum absolute atomic E-state index is 12.7. The van der Waals surface area contributed by atoms with Crippen molar-refractivity contribution in [3.8, 4) is 17.2 Å². The van der Waals surface area contributed by atoms with Gasteiger partial charge >= 0.3 is 0 Å². The topological polar surface area (TPSA) is 103 Å². The summed E-state index contributed by atoms with van der Waals surface area (Å²) in [6.45, 7) is 0.257. The van der Waals surface area contributed by atoms with Crippen LogP contribution in [0, 0.1) is 0 Å². The minimum atomic E-state index is -0.619. The van der Waals surface area contributed by atoms with Crippen molar-refractivity contribution in [3.63, 3.8) is 0 Å². The molecule has 3 N–H and O–H groups in total. The van der Waals surface area contributed by atoms with Gasteiger partial charge in [-0.2, -0.15) is 0 Å². The molecular formula is C19H29N3O5. The summed E-state index contributed by atoms with van der Waals surface area (Å²) in [5, 5.41) is 3.03. The van der Waals surface area contributed by atoms with Crippen molar-refractivity contribution in [3.05, 3.63) is 17.7 Å². The first-order valence-electron chi connectivity index (χ1n) is 8.95. The molecular weight excluding hydrogens is 350 g/mol. The van der Waals surface area contributed by atoms with E-state index in [9.17, 15) is 9.59 Å². The van der Waals surface area contributed by atoms with Crippen LogP contribution in [0.4, 0.5) is 0 Å². The third kappa shape index (κ3) is 4.82. The average Bonchev–Trinajstić information content (AvgIpc) is 3.14. The molecule has 2 amide bonds. The smallest absolute Gasteiger partial charge is 0.255 e. The van der Waals surface area contributed by atoms with Gasteiger partial charge in [0.2, 0.25) is 5.75 Å². The van der Waals surface area contributed by atoms with Crippen molar-refractivity contribution in [1.29, 1.82) is 0 Å². The third-order valence-corrected chi connectivity index (χ3v) is 5.14. The van der Waals surface area contributed by atoms with E-state index in [1.165, 1.54) is 27.1 Å². The van der Waals surface area contributed by atoms with Crippen LogP contribution < -0.4 is 25.3 Å². The Morgan fingerprint density at radius 3 is 2.15 bits per heavy atom. The summed E-state index contributed by atoms with van der Waals surface area (Å²) in [4.78, 5) is 25.9. The van der Waals surface area contributed by atoms with E-state index in [1.54, 1.807) is 12.1 Å². The van der Waals surface area contributed by atoms with E-state index in [1.807, 2.05) is 0 Å². The molecule has 0 bridgehead atoms.